The van der Waals surface area contributed by atoms with E-state index in [1.54, 1.807) is 0 Å². The van der Waals surface area contributed by atoms with Gasteiger partial charge in [-0.15, -0.1) is 0 Å². The van der Waals surface area contributed by atoms with Crippen LogP contribution in [0.1, 0.15) is 6.92 Å². The van der Waals surface area contributed by atoms with E-state index < -0.39 is 16.2 Å². The molecule has 0 fully saturated rings. The number of halogens is 1. The minimum Gasteiger partial charge on any atom is -0.311 e. The molecule has 16 heavy (non-hydrogen) atoms. The number of nitrogens with zero attached hydrogens (tertiary/aromatic N) is 1. The first-order chi connectivity index (χ1) is 7.18. The molecule has 3 N–H and O–H groups in total. The molecule has 1 amide bonds. The molecule has 0 bridgehead atoms. The molecule has 0 aliphatic heterocycles. The molecular formula is C7H9FN2O5S. The van der Waals surface area contributed by atoms with E-state index >= 15 is 0 Å². The van der Waals surface area contributed by atoms with Crippen molar-refractivity contribution in [2.75, 3.05) is 5.32 Å². The van der Waals surface area contributed by atoms with Crippen LogP contribution in [0.3, 0.4) is 0 Å². The molecule has 0 aromatic carbocycles. The second-order valence-corrected chi connectivity index (χ2v) is 3.39. The third-order valence-corrected chi connectivity index (χ3v) is 1.03. The van der Waals surface area contributed by atoms with Gasteiger partial charge in [-0.25, -0.2) is 9.37 Å². The van der Waals surface area contributed by atoms with Crippen LogP contribution in [0.5, 0.6) is 0 Å². The van der Waals surface area contributed by atoms with Gasteiger partial charge in [-0.1, -0.05) is 0 Å². The van der Waals surface area contributed by atoms with Gasteiger partial charge in [0.05, 0.1) is 6.20 Å². The van der Waals surface area contributed by atoms with E-state index in [4.69, 9.17) is 17.5 Å². The number of nitrogens with one attached hydrogen (secondary N) is 1. The molecular weight excluding hydrogens is 243 g/mol. The van der Waals surface area contributed by atoms with E-state index in [-0.39, 0.29) is 5.91 Å². The summed E-state index contributed by atoms with van der Waals surface area (Å²) in [7, 11) is -4.67. The molecule has 0 aliphatic rings. The predicted molar refractivity (Wildman–Crippen MR) is 52.7 cm³/mol. The molecule has 9 heteroatoms. The molecule has 0 radical (unpaired) electrons. The van der Waals surface area contributed by atoms with Gasteiger partial charge in [0, 0.05) is 6.92 Å². The van der Waals surface area contributed by atoms with E-state index in [1.165, 1.54) is 19.1 Å². The van der Waals surface area contributed by atoms with Gasteiger partial charge in [-0.2, -0.15) is 8.42 Å². The zero-order chi connectivity index (χ0) is 12.8. The molecule has 90 valence electrons. The lowest BCUT2D eigenvalue weighted by atomic mass is 10.4. The Bertz CT molecular complexity index is 436. The maximum Gasteiger partial charge on any atom is 0.394 e. The van der Waals surface area contributed by atoms with E-state index in [0.29, 0.717) is 5.82 Å². The number of hydrogen-bond donors (Lipinski definition) is 3. The van der Waals surface area contributed by atoms with Crippen molar-refractivity contribution in [1.82, 2.24) is 4.98 Å². The molecule has 0 spiro atoms. The number of anilines is 1. The fraction of sp³-hybridized carbons (Fsp3) is 0.143. The van der Waals surface area contributed by atoms with Gasteiger partial charge in [0.25, 0.3) is 0 Å². The van der Waals surface area contributed by atoms with Crippen LogP contribution in [0, 0.1) is 5.82 Å². The van der Waals surface area contributed by atoms with Crippen LogP contribution in [-0.4, -0.2) is 28.4 Å². The van der Waals surface area contributed by atoms with Crippen molar-refractivity contribution < 1.29 is 26.7 Å². The van der Waals surface area contributed by atoms with Crippen LogP contribution in [0.25, 0.3) is 0 Å². The van der Waals surface area contributed by atoms with Gasteiger partial charge < -0.3 is 5.32 Å². The summed E-state index contributed by atoms with van der Waals surface area (Å²) in [5, 5.41) is 2.42. The Hall–Kier alpha value is -1.58. The largest absolute Gasteiger partial charge is 0.394 e. The van der Waals surface area contributed by atoms with Gasteiger partial charge in [0.15, 0.2) is 0 Å². The van der Waals surface area contributed by atoms with Crippen LogP contribution in [-0.2, 0) is 15.2 Å². The zero-order valence-corrected chi connectivity index (χ0v) is 8.90. The molecule has 1 heterocycles. The number of carbonyl (C=O) groups is 1. The Morgan fingerprint density at radius 1 is 1.44 bits per heavy atom. The lowest BCUT2D eigenvalue weighted by Gasteiger charge is -1.98. The second-order valence-electron chi connectivity index (χ2n) is 2.49. The highest BCUT2D eigenvalue weighted by Gasteiger charge is 1.95. The lowest BCUT2D eigenvalue weighted by Crippen LogP contribution is -2.06. The third kappa shape index (κ3) is 10.5. The maximum atomic E-state index is 12.2. The second kappa shape index (κ2) is 6.10. The summed E-state index contributed by atoms with van der Waals surface area (Å²) >= 11 is 0. The minimum atomic E-state index is -4.67. The molecule has 0 atom stereocenters. The van der Waals surface area contributed by atoms with Crippen molar-refractivity contribution in [3.63, 3.8) is 0 Å². The Balaban J connectivity index is 0.000000385. The standard InChI is InChI=1S/C7H7FN2O.H2O4S/c1-5(11)10-7-3-2-6(8)4-9-7;1-5(2,3)4/h2-4H,1H3,(H,9,10,11);(H2,1,2,3,4). The summed E-state index contributed by atoms with van der Waals surface area (Å²) < 4.78 is 43.8. The summed E-state index contributed by atoms with van der Waals surface area (Å²) in [5.41, 5.74) is 0. The van der Waals surface area contributed by atoms with Crippen molar-refractivity contribution in [2.24, 2.45) is 0 Å². The number of hydrogen-bond acceptors (Lipinski definition) is 4. The first kappa shape index (κ1) is 14.4. The van der Waals surface area contributed by atoms with Crippen LogP contribution >= 0.6 is 0 Å². The number of amides is 1. The number of aromatic nitrogens is 1. The van der Waals surface area contributed by atoms with Gasteiger partial charge >= 0.3 is 10.4 Å². The number of carbonyl (C=O) groups excluding carboxylic acids is 1. The molecule has 0 unspecified atom stereocenters. The Morgan fingerprint density at radius 3 is 2.25 bits per heavy atom. The van der Waals surface area contributed by atoms with Crippen molar-refractivity contribution in [2.45, 2.75) is 6.92 Å². The summed E-state index contributed by atoms with van der Waals surface area (Å²) in [6.45, 7) is 1.37. The van der Waals surface area contributed by atoms with Crippen molar-refractivity contribution >= 4 is 22.1 Å². The number of rotatable bonds is 1. The molecule has 0 saturated carbocycles. The molecule has 1 rings (SSSR count). The van der Waals surface area contributed by atoms with Crippen LogP contribution in [0.2, 0.25) is 0 Å². The summed E-state index contributed by atoms with van der Waals surface area (Å²) in [5.74, 6) is -0.276. The molecule has 7 nitrogen and oxygen atoms in total. The fourth-order valence-electron chi connectivity index (χ4n) is 0.630. The van der Waals surface area contributed by atoms with E-state index in [9.17, 15) is 9.18 Å². The Morgan fingerprint density at radius 2 is 1.94 bits per heavy atom. The van der Waals surface area contributed by atoms with Gasteiger partial charge in [-0.3, -0.25) is 13.9 Å². The Kier molecular flexibility index (Phi) is 5.50. The first-order valence-electron chi connectivity index (χ1n) is 3.77. The maximum absolute atomic E-state index is 12.2. The SMILES string of the molecule is CC(=O)Nc1ccc(F)cn1.O=S(=O)(O)O. The molecule has 1 aromatic rings. The average Bonchev–Trinajstić information content (AvgIpc) is 2.05. The summed E-state index contributed by atoms with van der Waals surface area (Å²) in [4.78, 5) is 14.1. The highest BCUT2D eigenvalue weighted by Crippen LogP contribution is 2.02. The third-order valence-electron chi connectivity index (χ3n) is 1.03. The molecule has 0 aliphatic carbocycles. The van der Waals surface area contributed by atoms with Crippen LogP contribution in [0.4, 0.5) is 10.2 Å². The topological polar surface area (TPSA) is 117 Å². The van der Waals surface area contributed by atoms with Crippen LogP contribution in [0.15, 0.2) is 18.3 Å². The minimum absolute atomic E-state index is 0.218. The van der Waals surface area contributed by atoms with Crippen LogP contribution < -0.4 is 5.32 Å². The first-order valence-corrected chi connectivity index (χ1v) is 5.17. The summed E-state index contributed by atoms with van der Waals surface area (Å²) in [6.07, 6.45) is 1.05. The van der Waals surface area contributed by atoms with Crippen molar-refractivity contribution in [1.29, 1.82) is 0 Å². The molecule has 0 saturated heterocycles. The van der Waals surface area contributed by atoms with Gasteiger partial charge in [-0.05, 0) is 12.1 Å². The highest BCUT2D eigenvalue weighted by atomic mass is 32.3. The normalized spacial score (nSPS) is 10.0. The monoisotopic (exact) mass is 252 g/mol. The molecule has 1 aromatic heterocycles. The van der Waals surface area contributed by atoms with E-state index in [2.05, 4.69) is 10.3 Å². The van der Waals surface area contributed by atoms with Gasteiger partial charge in [0.1, 0.15) is 11.6 Å². The smallest absolute Gasteiger partial charge is 0.311 e. The fourth-order valence-corrected chi connectivity index (χ4v) is 0.630. The van der Waals surface area contributed by atoms with Crippen molar-refractivity contribution in [3.05, 3.63) is 24.1 Å². The Labute approximate surface area is 90.9 Å². The van der Waals surface area contributed by atoms with E-state index in [1.807, 2.05) is 0 Å². The summed E-state index contributed by atoms with van der Waals surface area (Å²) in [6, 6.07) is 2.63. The average molecular weight is 252 g/mol. The zero-order valence-electron chi connectivity index (χ0n) is 8.08. The number of pyridine rings is 1. The van der Waals surface area contributed by atoms with Crippen molar-refractivity contribution in [3.8, 4) is 0 Å². The van der Waals surface area contributed by atoms with E-state index in [0.717, 1.165) is 6.20 Å². The van der Waals surface area contributed by atoms with Gasteiger partial charge in [0.2, 0.25) is 5.91 Å². The quantitative estimate of drug-likeness (QED) is 0.627. The lowest BCUT2D eigenvalue weighted by molar-refractivity contribution is -0.114. The highest BCUT2D eigenvalue weighted by molar-refractivity contribution is 7.79. The predicted octanol–water partition coefficient (Wildman–Crippen LogP) is 0.526.